The number of aliphatic imine (C=N–C) groups is 1. The number of nitrogens with zero attached hydrogens (tertiary/aromatic N) is 3. The zero-order valence-electron chi connectivity index (χ0n) is 14.9. The molecular formula is C20H15Cl2N3OS2. The van der Waals surface area contributed by atoms with Crippen LogP contribution in [0.3, 0.4) is 0 Å². The van der Waals surface area contributed by atoms with Crippen LogP contribution >= 0.6 is 46.7 Å². The molecule has 4 nitrogen and oxygen atoms in total. The molecule has 2 aliphatic rings. The van der Waals surface area contributed by atoms with E-state index in [4.69, 9.17) is 23.2 Å². The molecule has 1 saturated heterocycles. The fourth-order valence-corrected chi connectivity index (χ4v) is 5.48. The lowest BCUT2D eigenvalue weighted by atomic mass is 10.3. The molecule has 0 atom stereocenters. The van der Waals surface area contributed by atoms with E-state index in [1.54, 1.807) is 34.9 Å². The summed E-state index contributed by atoms with van der Waals surface area (Å²) in [5.41, 5.74) is 1.73. The molecule has 0 spiro atoms. The Balaban J connectivity index is 1.73. The van der Waals surface area contributed by atoms with Gasteiger partial charge < -0.3 is 4.90 Å². The summed E-state index contributed by atoms with van der Waals surface area (Å²) in [5.74, 6) is -0.0779. The first-order chi connectivity index (χ1) is 13.5. The van der Waals surface area contributed by atoms with Crippen molar-refractivity contribution in [1.82, 2.24) is 4.90 Å². The molecule has 0 bridgehead atoms. The van der Waals surface area contributed by atoms with Gasteiger partial charge in [-0.3, -0.25) is 9.69 Å². The van der Waals surface area contributed by atoms with E-state index in [0.717, 1.165) is 21.3 Å². The minimum atomic E-state index is -0.0779. The number of carbonyl (C=O) groups is 1. The number of amidine groups is 1. The van der Waals surface area contributed by atoms with E-state index >= 15 is 0 Å². The van der Waals surface area contributed by atoms with Crippen LogP contribution in [-0.2, 0) is 4.79 Å². The molecule has 0 radical (unpaired) electrons. The van der Waals surface area contributed by atoms with Gasteiger partial charge in [0.2, 0.25) is 0 Å². The Kier molecular flexibility index (Phi) is 5.47. The van der Waals surface area contributed by atoms with Crippen LogP contribution in [0.1, 0.15) is 0 Å². The van der Waals surface area contributed by atoms with Crippen LogP contribution in [0.5, 0.6) is 0 Å². The summed E-state index contributed by atoms with van der Waals surface area (Å²) < 4.78 is 0. The van der Waals surface area contributed by atoms with Crippen molar-refractivity contribution >= 4 is 69.2 Å². The highest BCUT2D eigenvalue weighted by Gasteiger charge is 2.38. The van der Waals surface area contributed by atoms with E-state index in [2.05, 4.69) is 11.6 Å². The molecule has 142 valence electrons. The molecule has 28 heavy (non-hydrogen) atoms. The Labute approximate surface area is 181 Å². The summed E-state index contributed by atoms with van der Waals surface area (Å²) in [7, 11) is 1.94. The first-order valence-corrected chi connectivity index (χ1v) is 10.8. The van der Waals surface area contributed by atoms with Crippen LogP contribution in [0.2, 0.25) is 10.0 Å². The number of benzene rings is 2. The van der Waals surface area contributed by atoms with Gasteiger partial charge in [0, 0.05) is 28.5 Å². The lowest BCUT2D eigenvalue weighted by Gasteiger charge is -2.15. The molecule has 1 amide bonds. The average Bonchev–Trinajstić information content (AvgIpc) is 3.15. The summed E-state index contributed by atoms with van der Waals surface area (Å²) in [5, 5.41) is 2.81. The van der Waals surface area contributed by atoms with Gasteiger partial charge >= 0.3 is 0 Å². The topological polar surface area (TPSA) is 35.9 Å². The third-order valence-corrected chi connectivity index (χ3v) is 7.13. The quantitative estimate of drug-likeness (QED) is 0.417. The minimum absolute atomic E-state index is 0.0779. The Bertz CT molecular complexity index is 1030. The van der Waals surface area contributed by atoms with Gasteiger partial charge in [-0.25, -0.2) is 4.99 Å². The number of rotatable bonds is 3. The van der Waals surface area contributed by atoms with Crippen molar-refractivity contribution in [2.24, 2.45) is 4.99 Å². The van der Waals surface area contributed by atoms with Gasteiger partial charge in [0.25, 0.3) is 5.91 Å². The van der Waals surface area contributed by atoms with E-state index in [0.29, 0.717) is 26.7 Å². The zero-order valence-corrected chi connectivity index (χ0v) is 18.0. The highest BCUT2D eigenvalue weighted by Crippen LogP contribution is 2.50. The Morgan fingerprint density at radius 3 is 2.54 bits per heavy atom. The summed E-state index contributed by atoms with van der Waals surface area (Å²) in [6.45, 7) is 4.16. The maximum absolute atomic E-state index is 13.1. The van der Waals surface area contributed by atoms with Crippen molar-refractivity contribution in [3.8, 4) is 0 Å². The number of amides is 1. The van der Waals surface area contributed by atoms with Gasteiger partial charge in [0.1, 0.15) is 4.91 Å². The molecule has 2 aromatic rings. The number of hydrogen-bond donors (Lipinski definition) is 0. The molecule has 8 heteroatoms. The predicted molar refractivity (Wildman–Crippen MR) is 121 cm³/mol. The smallest absolute Gasteiger partial charge is 0.269 e. The SMILES string of the molecule is C=CCN1C(=O)C(=C2Sc3ccc(Cl)cc3N2C)SC1=Nc1ccc(Cl)cc1. The molecule has 2 heterocycles. The number of fused-ring (bicyclic) bond motifs is 1. The van der Waals surface area contributed by atoms with E-state index in [1.165, 1.54) is 11.8 Å². The monoisotopic (exact) mass is 447 g/mol. The third-order valence-electron chi connectivity index (χ3n) is 4.21. The number of carbonyl (C=O) groups excluding carboxylic acids is 1. The Hall–Kier alpha value is -1.86. The van der Waals surface area contributed by atoms with Crippen molar-refractivity contribution in [3.63, 3.8) is 0 Å². The van der Waals surface area contributed by atoms with E-state index in [9.17, 15) is 4.79 Å². The first kappa shape index (κ1) is 19.5. The van der Waals surface area contributed by atoms with Crippen LogP contribution in [-0.4, -0.2) is 29.6 Å². The first-order valence-electron chi connectivity index (χ1n) is 8.38. The summed E-state index contributed by atoms with van der Waals surface area (Å²) in [6.07, 6.45) is 1.70. The van der Waals surface area contributed by atoms with Crippen molar-refractivity contribution in [1.29, 1.82) is 0 Å². The van der Waals surface area contributed by atoms with Crippen molar-refractivity contribution in [2.75, 3.05) is 18.5 Å². The molecule has 1 fully saturated rings. The van der Waals surface area contributed by atoms with E-state index < -0.39 is 0 Å². The lowest BCUT2D eigenvalue weighted by Crippen LogP contribution is -2.29. The molecule has 0 unspecified atom stereocenters. The molecule has 0 N–H and O–H groups in total. The van der Waals surface area contributed by atoms with Crippen LogP contribution < -0.4 is 4.90 Å². The lowest BCUT2D eigenvalue weighted by molar-refractivity contribution is -0.121. The summed E-state index contributed by atoms with van der Waals surface area (Å²) in [6, 6.07) is 12.9. The second-order valence-corrected chi connectivity index (χ2v) is 8.97. The predicted octanol–water partition coefficient (Wildman–Crippen LogP) is 6.15. The van der Waals surface area contributed by atoms with Crippen LogP contribution in [0.25, 0.3) is 0 Å². The minimum Gasteiger partial charge on any atom is -0.337 e. The number of hydrogen-bond acceptors (Lipinski definition) is 5. The molecular weight excluding hydrogens is 433 g/mol. The van der Waals surface area contributed by atoms with E-state index in [1.807, 2.05) is 42.3 Å². The standard InChI is InChI=1S/C20H15Cl2N3OS2/c1-3-10-25-18(26)17(28-20(25)23-14-7-4-12(21)5-8-14)19-24(2)15-11-13(22)6-9-16(15)27-19/h3-9,11H,1,10H2,2H3. The fraction of sp³-hybridized carbons (Fsp3) is 0.100. The van der Waals surface area contributed by atoms with Gasteiger partial charge in [-0.05, 0) is 54.2 Å². The second-order valence-electron chi connectivity index (χ2n) is 6.08. The Morgan fingerprint density at radius 2 is 1.82 bits per heavy atom. The van der Waals surface area contributed by atoms with Gasteiger partial charge in [0.15, 0.2) is 5.17 Å². The highest BCUT2D eigenvalue weighted by molar-refractivity contribution is 8.19. The molecule has 4 rings (SSSR count). The van der Waals surface area contributed by atoms with Crippen LogP contribution in [0.15, 0.2) is 74.9 Å². The number of thioether (sulfide) groups is 2. The third kappa shape index (κ3) is 3.57. The maximum Gasteiger partial charge on any atom is 0.269 e. The van der Waals surface area contributed by atoms with Gasteiger partial charge in [-0.15, -0.1) is 6.58 Å². The number of anilines is 1. The Morgan fingerprint density at radius 1 is 1.11 bits per heavy atom. The van der Waals surface area contributed by atoms with Gasteiger partial charge in [-0.2, -0.15) is 0 Å². The largest absolute Gasteiger partial charge is 0.337 e. The fourth-order valence-electron chi connectivity index (χ4n) is 2.85. The van der Waals surface area contributed by atoms with Crippen molar-refractivity contribution in [2.45, 2.75) is 4.90 Å². The van der Waals surface area contributed by atoms with E-state index in [-0.39, 0.29) is 5.91 Å². The molecule has 0 saturated carbocycles. The van der Waals surface area contributed by atoms with Crippen LogP contribution in [0, 0.1) is 0 Å². The molecule has 2 aliphatic heterocycles. The normalized spacial score (nSPS) is 20.2. The molecule has 0 aliphatic carbocycles. The summed E-state index contributed by atoms with van der Waals surface area (Å²) in [4.78, 5) is 23.1. The molecule has 0 aromatic heterocycles. The van der Waals surface area contributed by atoms with Crippen molar-refractivity contribution < 1.29 is 4.79 Å². The average molecular weight is 448 g/mol. The van der Waals surface area contributed by atoms with Crippen molar-refractivity contribution in [3.05, 3.63) is 75.1 Å². The summed E-state index contributed by atoms with van der Waals surface area (Å²) >= 11 is 15.0. The zero-order chi connectivity index (χ0) is 19.8. The second kappa shape index (κ2) is 7.87. The molecule has 2 aromatic carbocycles. The van der Waals surface area contributed by atoms with Crippen LogP contribution in [0.4, 0.5) is 11.4 Å². The highest BCUT2D eigenvalue weighted by atomic mass is 35.5. The van der Waals surface area contributed by atoms with Gasteiger partial charge in [0.05, 0.1) is 16.4 Å². The van der Waals surface area contributed by atoms with Gasteiger partial charge in [-0.1, -0.05) is 41.0 Å². The maximum atomic E-state index is 13.1. The number of halogens is 2.